The maximum absolute atomic E-state index is 3.73. The van der Waals surface area contributed by atoms with Gasteiger partial charge in [-0.05, 0) is 46.5 Å². The molecule has 5 aromatic rings. The van der Waals surface area contributed by atoms with E-state index in [1.807, 2.05) is 0 Å². The molecule has 0 amide bonds. The number of para-hydroxylation sites is 2. The smallest absolute Gasteiger partial charge is 0.0619 e. The van der Waals surface area contributed by atoms with Crippen LogP contribution in [0.5, 0.6) is 0 Å². The molecule has 1 nitrogen and oxygen atoms in total. The molecule has 2 heterocycles. The third kappa shape index (κ3) is 2.39. The molecular weight excluding hydrogens is 454 g/mol. The Morgan fingerprint density at radius 1 is 0.406 bits per heavy atom. The van der Waals surface area contributed by atoms with Gasteiger partial charge in [-0.15, -0.1) is 0 Å². The van der Waals surface area contributed by atoms with Gasteiger partial charge in [-0.2, -0.15) is 0 Å². The number of benzene rings is 5. The van der Waals surface area contributed by atoms with Gasteiger partial charge in [0, 0.05) is 26.7 Å². The molecular formula is C30H18BrN. The van der Waals surface area contributed by atoms with Crippen molar-refractivity contribution in [1.82, 2.24) is 0 Å². The van der Waals surface area contributed by atoms with E-state index in [4.69, 9.17) is 0 Å². The van der Waals surface area contributed by atoms with E-state index in [0.29, 0.717) is 0 Å². The molecule has 0 N–H and O–H groups in total. The zero-order valence-electron chi connectivity index (χ0n) is 17.2. The SMILES string of the molecule is Brc1ccc2c(c1)-c1ccccc1-c1cccc3c1N2c1ccccc1-c1ccccc1-3. The number of rotatable bonds is 0. The molecule has 0 spiro atoms. The highest BCUT2D eigenvalue weighted by molar-refractivity contribution is 9.10. The van der Waals surface area contributed by atoms with Gasteiger partial charge in [0.05, 0.1) is 17.1 Å². The molecule has 0 bridgehead atoms. The average Bonchev–Trinajstić information content (AvgIpc) is 3.05. The van der Waals surface area contributed by atoms with Crippen molar-refractivity contribution >= 4 is 33.0 Å². The summed E-state index contributed by atoms with van der Waals surface area (Å²) in [5.41, 5.74) is 13.8. The topological polar surface area (TPSA) is 3.24 Å². The van der Waals surface area contributed by atoms with Crippen LogP contribution in [-0.4, -0.2) is 0 Å². The van der Waals surface area contributed by atoms with Crippen molar-refractivity contribution in [3.05, 3.63) is 114 Å². The molecule has 0 saturated carbocycles. The molecule has 7 rings (SSSR count). The quantitative estimate of drug-likeness (QED) is 0.213. The van der Waals surface area contributed by atoms with Gasteiger partial charge in [0.2, 0.25) is 0 Å². The molecule has 0 fully saturated rings. The van der Waals surface area contributed by atoms with Crippen LogP contribution >= 0.6 is 15.9 Å². The van der Waals surface area contributed by atoms with Crippen molar-refractivity contribution in [1.29, 1.82) is 0 Å². The molecule has 2 aliphatic rings. The Hall–Kier alpha value is -3.62. The van der Waals surface area contributed by atoms with E-state index >= 15 is 0 Å². The van der Waals surface area contributed by atoms with Crippen LogP contribution in [-0.2, 0) is 0 Å². The van der Waals surface area contributed by atoms with E-state index in [2.05, 4.69) is 130 Å². The number of fused-ring (bicyclic) bond motifs is 10. The minimum absolute atomic E-state index is 1.09. The van der Waals surface area contributed by atoms with E-state index < -0.39 is 0 Å². The Labute approximate surface area is 195 Å². The summed E-state index contributed by atoms with van der Waals surface area (Å²) < 4.78 is 1.09. The third-order valence-electron chi connectivity index (χ3n) is 6.62. The standard InChI is InChI=1S/C30H18BrN/c31-19-16-17-29-27(18-19)23-11-4-3-10-22(23)26-14-7-13-25-21-9-2-1-8-20(21)24-12-5-6-15-28(24)32(29)30(25)26/h1-18H. The van der Waals surface area contributed by atoms with Gasteiger partial charge in [0.15, 0.2) is 0 Å². The Balaban J connectivity index is 1.74. The maximum Gasteiger partial charge on any atom is 0.0619 e. The summed E-state index contributed by atoms with van der Waals surface area (Å²) in [6, 6.07) is 39.7. The Kier molecular flexibility index (Phi) is 3.76. The number of anilines is 3. The van der Waals surface area contributed by atoms with E-state index in [-0.39, 0.29) is 0 Å². The van der Waals surface area contributed by atoms with E-state index in [1.165, 1.54) is 61.6 Å². The summed E-state index contributed by atoms with van der Waals surface area (Å²) in [6.07, 6.45) is 0. The van der Waals surface area contributed by atoms with Crippen LogP contribution in [0.4, 0.5) is 17.1 Å². The summed E-state index contributed by atoms with van der Waals surface area (Å²) in [5, 5.41) is 0. The minimum Gasteiger partial charge on any atom is -0.308 e. The number of hydrogen-bond acceptors (Lipinski definition) is 1. The van der Waals surface area contributed by atoms with Crippen LogP contribution in [0.1, 0.15) is 0 Å². The molecule has 0 aliphatic carbocycles. The fourth-order valence-corrected chi connectivity index (χ4v) is 5.67. The zero-order chi connectivity index (χ0) is 21.2. The summed E-state index contributed by atoms with van der Waals surface area (Å²) in [7, 11) is 0. The van der Waals surface area contributed by atoms with Crippen LogP contribution in [0.3, 0.4) is 0 Å². The van der Waals surface area contributed by atoms with Crippen LogP contribution in [0, 0.1) is 0 Å². The first-order chi connectivity index (χ1) is 15.8. The van der Waals surface area contributed by atoms with E-state index in [1.54, 1.807) is 0 Å². The predicted octanol–water partition coefficient (Wildman–Crippen LogP) is 9.21. The molecule has 2 aliphatic heterocycles. The predicted molar refractivity (Wildman–Crippen MR) is 138 cm³/mol. The second-order valence-corrected chi connectivity index (χ2v) is 9.22. The zero-order valence-corrected chi connectivity index (χ0v) is 18.8. The lowest BCUT2D eigenvalue weighted by molar-refractivity contribution is 1.30. The highest BCUT2D eigenvalue weighted by Crippen LogP contribution is 2.58. The monoisotopic (exact) mass is 471 g/mol. The lowest BCUT2D eigenvalue weighted by atomic mass is 9.90. The summed E-state index contributed by atoms with van der Waals surface area (Å²) in [5.74, 6) is 0. The fourth-order valence-electron chi connectivity index (χ4n) is 5.31. The third-order valence-corrected chi connectivity index (χ3v) is 7.11. The lowest BCUT2D eigenvalue weighted by Gasteiger charge is -2.29. The molecule has 0 saturated heterocycles. The lowest BCUT2D eigenvalue weighted by Crippen LogP contribution is -2.11. The van der Waals surface area contributed by atoms with Crippen molar-refractivity contribution < 1.29 is 0 Å². The van der Waals surface area contributed by atoms with Gasteiger partial charge in [0.1, 0.15) is 0 Å². The van der Waals surface area contributed by atoms with Crippen LogP contribution in [0.25, 0.3) is 44.5 Å². The molecule has 32 heavy (non-hydrogen) atoms. The highest BCUT2D eigenvalue weighted by Gasteiger charge is 2.32. The van der Waals surface area contributed by atoms with Crippen molar-refractivity contribution in [2.24, 2.45) is 0 Å². The summed E-state index contributed by atoms with van der Waals surface area (Å²) in [6.45, 7) is 0. The van der Waals surface area contributed by atoms with Crippen molar-refractivity contribution in [2.75, 3.05) is 4.90 Å². The molecule has 5 aromatic carbocycles. The first-order valence-electron chi connectivity index (χ1n) is 10.8. The van der Waals surface area contributed by atoms with Gasteiger partial charge < -0.3 is 4.90 Å². The number of nitrogens with zero attached hydrogens (tertiary/aromatic N) is 1. The van der Waals surface area contributed by atoms with E-state index in [9.17, 15) is 0 Å². The second kappa shape index (κ2) is 6.69. The highest BCUT2D eigenvalue weighted by atomic mass is 79.9. The van der Waals surface area contributed by atoms with E-state index in [0.717, 1.165) is 4.47 Å². The summed E-state index contributed by atoms with van der Waals surface area (Å²) >= 11 is 3.73. The molecule has 2 heteroatoms. The Morgan fingerprint density at radius 3 is 1.53 bits per heavy atom. The summed E-state index contributed by atoms with van der Waals surface area (Å²) in [4.78, 5) is 2.47. The molecule has 0 radical (unpaired) electrons. The fraction of sp³-hybridized carbons (Fsp3) is 0. The van der Waals surface area contributed by atoms with Crippen molar-refractivity contribution in [2.45, 2.75) is 0 Å². The molecule has 0 aromatic heterocycles. The minimum atomic E-state index is 1.09. The van der Waals surface area contributed by atoms with Crippen LogP contribution < -0.4 is 4.90 Å². The normalized spacial score (nSPS) is 12.5. The first kappa shape index (κ1) is 18.0. The van der Waals surface area contributed by atoms with Crippen molar-refractivity contribution in [3.8, 4) is 44.5 Å². The number of halogens is 1. The van der Waals surface area contributed by atoms with Crippen LogP contribution in [0.2, 0.25) is 0 Å². The number of hydrogen-bond donors (Lipinski definition) is 0. The Morgan fingerprint density at radius 2 is 0.875 bits per heavy atom. The van der Waals surface area contributed by atoms with Gasteiger partial charge >= 0.3 is 0 Å². The average molecular weight is 472 g/mol. The molecule has 0 atom stereocenters. The first-order valence-corrected chi connectivity index (χ1v) is 11.6. The Bertz CT molecular complexity index is 1550. The molecule has 150 valence electrons. The maximum atomic E-state index is 3.73. The largest absolute Gasteiger partial charge is 0.308 e. The molecule has 0 unspecified atom stereocenters. The van der Waals surface area contributed by atoms with Gasteiger partial charge in [-0.25, -0.2) is 0 Å². The van der Waals surface area contributed by atoms with Gasteiger partial charge in [0.25, 0.3) is 0 Å². The van der Waals surface area contributed by atoms with Crippen LogP contribution in [0.15, 0.2) is 114 Å². The van der Waals surface area contributed by atoms with Gasteiger partial charge in [-0.3, -0.25) is 0 Å². The second-order valence-electron chi connectivity index (χ2n) is 8.31. The van der Waals surface area contributed by atoms with Gasteiger partial charge in [-0.1, -0.05) is 101 Å². The van der Waals surface area contributed by atoms with Crippen molar-refractivity contribution in [3.63, 3.8) is 0 Å².